The highest BCUT2D eigenvalue weighted by Crippen LogP contribution is 2.44. The minimum Gasteiger partial charge on any atom is -0.496 e. The normalized spacial score (nSPS) is 17.6. The molecule has 6 nitrogen and oxygen atoms in total. The maximum atomic E-state index is 13.7. The molecule has 6 heteroatoms. The Labute approximate surface area is 187 Å². The predicted molar refractivity (Wildman–Crippen MR) is 123 cm³/mol. The predicted octanol–water partition coefficient (Wildman–Crippen LogP) is 4.98. The molecule has 2 atom stereocenters. The smallest absolute Gasteiger partial charge is 0.261 e. The minimum absolute atomic E-state index is 0.0936. The van der Waals surface area contributed by atoms with Crippen LogP contribution in [0.25, 0.3) is 0 Å². The van der Waals surface area contributed by atoms with Crippen molar-refractivity contribution in [3.63, 3.8) is 0 Å². The molecule has 1 aliphatic heterocycles. The summed E-state index contributed by atoms with van der Waals surface area (Å²) in [5, 5.41) is 4.51. The number of rotatable bonds is 4. The number of anilines is 1. The van der Waals surface area contributed by atoms with E-state index in [0.717, 1.165) is 16.9 Å². The van der Waals surface area contributed by atoms with Gasteiger partial charge in [0.1, 0.15) is 12.1 Å². The van der Waals surface area contributed by atoms with Gasteiger partial charge in [-0.2, -0.15) is 10.1 Å². The number of methoxy groups -OCH3 is 1. The van der Waals surface area contributed by atoms with E-state index < -0.39 is 0 Å². The molecule has 0 spiro atoms. The minimum atomic E-state index is -0.199. The second-order valence-corrected chi connectivity index (χ2v) is 7.97. The Hall–Kier alpha value is -3.93. The number of amides is 1. The van der Waals surface area contributed by atoms with Crippen molar-refractivity contribution in [1.29, 1.82) is 0 Å². The maximum absolute atomic E-state index is 13.7. The lowest BCUT2D eigenvalue weighted by Crippen LogP contribution is -2.42. The lowest BCUT2D eigenvalue weighted by molar-refractivity contribution is 0.0963. The first-order valence-electron chi connectivity index (χ1n) is 10.6. The highest BCUT2D eigenvalue weighted by Gasteiger charge is 2.40. The molecule has 0 fully saturated rings. The molecule has 4 aromatic rings. The largest absolute Gasteiger partial charge is 0.496 e. The Kier molecular flexibility index (Phi) is 5.19. The van der Waals surface area contributed by atoms with Gasteiger partial charge in [-0.1, -0.05) is 66.2 Å². The fourth-order valence-electron chi connectivity index (χ4n) is 4.42. The van der Waals surface area contributed by atoms with E-state index in [2.05, 4.69) is 47.3 Å². The molecule has 1 amide bonds. The first kappa shape index (κ1) is 20.0. The molecule has 0 radical (unpaired) electrons. The van der Waals surface area contributed by atoms with Gasteiger partial charge in [0.15, 0.2) is 0 Å². The number of aryl methyl sites for hydroxylation is 1. The van der Waals surface area contributed by atoms with E-state index in [1.54, 1.807) is 12.0 Å². The van der Waals surface area contributed by atoms with Gasteiger partial charge in [0, 0.05) is 11.1 Å². The SMILES string of the molecule is COc1ccccc1[C@H]1C[C@H](c2ccc(C)cc2)N(C(=O)c2ccccc2)c2ncnn21. The molecule has 32 heavy (non-hydrogen) atoms. The van der Waals surface area contributed by atoms with Gasteiger partial charge in [-0.25, -0.2) is 4.68 Å². The fraction of sp³-hybridized carbons (Fsp3) is 0.192. The Balaban J connectivity index is 1.67. The molecule has 0 bridgehead atoms. The van der Waals surface area contributed by atoms with Crippen LogP contribution in [-0.4, -0.2) is 27.8 Å². The number of carbonyl (C=O) groups excluding carboxylic acids is 1. The van der Waals surface area contributed by atoms with Gasteiger partial charge < -0.3 is 4.74 Å². The summed E-state index contributed by atoms with van der Waals surface area (Å²) in [6.07, 6.45) is 2.17. The van der Waals surface area contributed by atoms with E-state index in [-0.39, 0.29) is 18.0 Å². The molecule has 0 N–H and O–H groups in total. The highest BCUT2D eigenvalue weighted by atomic mass is 16.5. The van der Waals surface area contributed by atoms with Gasteiger partial charge in [-0.05, 0) is 37.1 Å². The third-order valence-corrected chi connectivity index (χ3v) is 6.02. The quantitative estimate of drug-likeness (QED) is 0.464. The van der Waals surface area contributed by atoms with Gasteiger partial charge in [-0.15, -0.1) is 0 Å². The average Bonchev–Trinajstić information content (AvgIpc) is 3.33. The summed E-state index contributed by atoms with van der Waals surface area (Å²) in [4.78, 5) is 20.0. The van der Waals surface area contributed by atoms with E-state index in [4.69, 9.17) is 4.74 Å². The number of carbonyl (C=O) groups is 1. The topological polar surface area (TPSA) is 60.2 Å². The van der Waals surface area contributed by atoms with Gasteiger partial charge in [0.05, 0.1) is 19.2 Å². The van der Waals surface area contributed by atoms with Crippen LogP contribution in [0.2, 0.25) is 0 Å². The molecular weight excluding hydrogens is 400 g/mol. The Bertz CT molecular complexity index is 1230. The van der Waals surface area contributed by atoms with E-state index in [1.165, 1.54) is 11.9 Å². The first-order chi connectivity index (χ1) is 15.7. The molecule has 0 unspecified atom stereocenters. The zero-order valence-electron chi connectivity index (χ0n) is 18.1. The van der Waals surface area contributed by atoms with Crippen LogP contribution in [-0.2, 0) is 0 Å². The molecule has 0 saturated carbocycles. The Morgan fingerprint density at radius 3 is 2.41 bits per heavy atom. The molecule has 0 saturated heterocycles. The summed E-state index contributed by atoms with van der Waals surface area (Å²) < 4.78 is 7.49. The first-order valence-corrected chi connectivity index (χ1v) is 10.6. The monoisotopic (exact) mass is 424 g/mol. The van der Waals surface area contributed by atoms with Crippen molar-refractivity contribution in [1.82, 2.24) is 14.8 Å². The molecular formula is C26H24N4O2. The van der Waals surface area contributed by atoms with Crippen LogP contribution in [0.1, 0.15) is 45.6 Å². The zero-order chi connectivity index (χ0) is 22.1. The summed E-state index contributed by atoms with van der Waals surface area (Å²) in [7, 11) is 1.67. The number of ether oxygens (including phenoxy) is 1. The van der Waals surface area contributed by atoms with Gasteiger partial charge in [0.25, 0.3) is 5.91 Å². The van der Waals surface area contributed by atoms with E-state index in [1.807, 2.05) is 53.2 Å². The number of aromatic nitrogens is 3. The van der Waals surface area contributed by atoms with Crippen molar-refractivity contribution in [2.24, 2.45) is 0 Å². The number of fused-ring (bicyclic) bond motifs is 1. The van der Waals surface area contributed by atoms with Crippen LogP contribution in [0.5, 0.6) is 5.75 Å². The summed E-state index contributed by atoms with van der Waals surface area (Å²) in [6.45, 7) is 2.06. The number of hydrogen-bond acceptors (Lipinski definition) is 4. The molecule has 1 aromatic heterocycles. The maximum Gasteiger partial charge on any atom is 0.261 e. The number of para-hydroxylation sites is 1. The number of nitrogens with zero attached hydrogens (tertiary/aromatic N) is 4. The van der Waals surface area contributed by atoms with Crippen LogP contribution in [0, 0.1) is 6.92 Å². The van der Waals surface area contributed by atoms with Crippen LogP contribution in [0.15, 0.2) is 85.2 Å². The summed E-state index contributed by atoms with van der Waals surface area (Å²) in [5.74, 6) is 1.24. The van der Waals surface area contributed by atoms with Crippen LogP contribution >= 0.6 is 0 Å². The number of hydrogen-bond donors (Lipinski definition) is 0. The Morgan fingerprint density at radius 1 is 0.938 bits per heavy atom. The van der Waals surface area contributed by atoms with Crippen molar-refractivity contribution in [3.8, 4) is 5.75 Å². The van der Waals surface area contributed by atoms with E-state index in [9.17, 15) is 4.79 Å². The van der Waals surface area contributed by atoms with Crippen molar-refractivity contribution >= 4 is 11.9 Å². The van der Waals surface area contributed by atoms with Gasteiger partial charge in [-0.3, -0.25) is 9.69 Å². The summed E-state index contributed by atoms with van der Waals surface area (Å²) >= 11 is 0. The summed E-state index contributed by atoms with van der Waals surface area (Å²) in [5.41, 5.74) is 3.88. The third-order valence-electron chi connectivity index (χ3n) is 6.02. The van der Waals surface area contributed by atoms with Crippen LogP contribution in [0.4, 0.5) is 5.95 Å². The van der Waals surface area contributed by atoms with Crippen molar-refractivity contribution in [2.45, 2.75) is 25.4 Å². The van der Waals surface area contributed by atoms with Crippen LogP contribution < -0.4 is 9.64 Å². The molecule has 5 rings (SSSR count). The summed E-state index contributed by atoms with van der Waals surface area (Å²) in [6, 6.07) is 25.3. The second-order valence-electron chi connectivity index (χ2n) is 7.97. The average molecular weight is 425 g/mol. The van der Waals surface area contributed by atoms with Crippen molar-refractivity contribution in [3.05, 3.63) is 107 Å². The van der Waals surface area contributed by atoms with Crippen molar-refractivity contribution < 1.29 is 9.53 Å². The second kappa shape index (κ2) is 8.30. The third kappa shape index (κ3) is 3.43. The molecule has 1 aliphatic rings. The fourth-order valence-corrected chi connectivity index (χ4v) is 4.42. The molecule has 2 heterocycles. The van der Waals surface area contributed by atoms with E-state index >= 15 is 0 Å². The lowest BCUT2D eigenvalue weighted by Gasteiger charge is -2.39. The van der Waals surface area contributed by atoms with E-state index in [0.29, 0.717) is 17.9 Å². The zero-order valence-corrected chi connectivity index (χ0v) is 18.1. The molecule has 3 aromatic carbocycles. The number of benzene rings is 3. The van der Waals surface area contributed by atoms with Gasteiger partial charge in [0.2, 0.25) is 5.95 Å². The molecule has 0 aliphatic carbocycles. The highest BCUT2D eigenvalue weighted by molar-refractivity contribution is 6.05. The van der Waals surface area contributed by atoms with Crippen LogP contribution in [0.3, 0.4) is 0 Å². The standard InChI is InChI=1S/C26H24N4O2/c1-18-12-14-19(15-13-18)22-16-23(21-10-6-7-11-24(21)32-2)30-26(27-17-28-30)29(22)25(31)20-8-4-3-5-9-20/h3-15,17,22-23H,16H2,1-2H3/t22-,23-/m1/s1. The Morgan fingerprint density at radius 2 is 1.66 bits per heavy atom. The molecule has 160 valence electrons. The van der Waals surface area contributed by atoms with Gasteiger partial charge >= 0.3 is 0 Å². The lowest BCUT2D eigenvalue weighted by atomic mass is 9.90. The van der Waals surface area contributed by atoms with Crippen molar-refractivity contribution in [2.75, 3.05) is 12.0 Å².